The molecule has 4 N–H and O–H groups in total. The Hall–Kier alpha value is -1.87. The van der Waals surface area contributed by atoms with Crippen LogP contribution in [0.2, 0.25) is 0 Å². The van der Waals surface area contributed by atoms with Gasteiger partial charge in [-0.15, -0.1) is 0 Å². The molecule has 2 aromatic heterocycles. The van der Waals surface area contributed by atoms with Crippen molar-refractivity contribution in [3.63, 3.8) is 0 Å². The number of hydrogen-bond donors (Lipinski definition) is 3. The predicted octanol–water partition coefficient (Wildman–Crippen LogP) is 0.896. The third-order valence-corrected chi connectivity index (χ3v) is 3.94. The Balaban J connectivity index is 2.23. The first kappa shape index (κ1) is 14.5. The van der Waals surface area contributed by atoms with E-state index in [9.17, 15) is 0 Å². The van der Waals surface area contributed by atoms with Gasteiger partial charge in [-0.1, -0.05) is 0 Å². The molecule has 0 radical (unpaired) electrons. The lowest BCUT2D eigenvalue weighted by Crippen LogP contribution is -2.27. The minimum Gasteiger partial charge on any atom is -0.353 e. The summed E-state index contributed by atoms with van der Waals surface area (Å²) in [7, 11) is 0. The molecular weight excluding hydrogens is 276 g/mol. The van der Waals surface area contributed by atoms with Gasteiger partial charge in [-0.05, 0) is 26.2 Å². The molecule has 9 heteroatoms. The molecular formula is C11H18N8S. The van der Waals surface area contributed by atoms with Gasteiger partial charge in [-0.3, -0.25) is 5.43 Å². The summed E-state index contributed by atoms with van der Waals surface area (Å²) in [6.45, 7) is 5.01. The van der Waals surface area contributed by atoms with Crippen molar-refractivity contribution in [1.29, 1.82) is 0 Å². The van der Waals surface area contributed by atoms with E-state index in [4.69, 9.17) is 5.84 Å². The second kappa shape index (κ2) is 6.06. The van der Waals surface area contributed by atoms with Crippen LogP contribution in [0.15, 0.2) is 18.5 Å². The Morgan fingerprint density at radius 1 is 1.30 bits per heavy atom. The van der Waals surface area contributed by atoms with Crippen LogP contribution in [-0.2, 0) is 0 Å². The van der Waals surface area contributed by atoms with Crippen LogP contribution in [0.5, 0.6) is 0 Å². The van der Waals surface area contributed by atoms with Gasteiger partial charge in [0.2, 0.25) is 11.9 Å². The van der Waals surface area contributed by atoms with Crippen molar-refractivity contribution in [3.8, 4) is 5.95 Å². The number of aromatic nitrogens is 5. The molecule has 0 spiro atoms. The molecule has 0 amide bonds. The summed E-state index contributed by atoms with van der Waals surface area (Å²) in [5.74, 6) is 6.54. The maximum absolute atomic E-state index is 5.38. The monoisotopic (exact) mass is 294 g/mol. The second-order valence-corrected chi connectivity index (χ2v) is 6.21. The molecule has 2 aromatic rings. The molecule has 108 valence electrons. The van der Waals surface area contributed by atoms with Crippen LogP contribution in [0.25, 0.3) is 5.95 Å². The van der Waals surface area contributed by atoms with Crippen LogP contribution in [0.1, 0.15) is 13.8 Å². The SMILES string of the molecule is CSC(C)(C)CNc1nc(NN)nc(-n2cccn2)n1. The quantitative estimate of drug-likeness (QED) is 0.533. The normalized spacial score (nSPS) is 11.4. The Labute approximate surface area is 121 Å². The predicted molar refractivity (Wildman–Crippen MR) is 80.8 cm³/mol. The molecule has 8 nitrogen and oxygen atoms in total. The lowest BCUT2D eigenvalue weighted by molar-refractivity contribution is 0.739. The highest BCUT2D eigenvalue weighted by Gasteiger charge is 2.17. The van der Waals surface area contributed by atoms with E-state index in [0.29, 0.717) is 11.9 Å². The Morgan fingerprint density at radius 2 is 2.05 bits per heavy atom. The molecule has 0 saturated heterocycles. The van der Waals surface area contributed by atoms with Crippen molar-refractivity contribution in [2.75, 3.05) is 23.5 Å². The number of rotatable bonds is 6. The number of thioether (sulfide) groups is 1. The summed E-state index contributed by atoms with van der Waals surface area (Å²) in [6.07, 6.45) is 5.48. The molecule has 0 bridgehead atoms. The van der Waals surface area contributed by atoms with E-state index in [-0.39, 0.29) is 10.7 Å². The molecule has 0 fully saturated rings. The zero-order valence-electron chi connectivity index (χ0n) is 11.7. The number of anilines is 2. The minimum atomic E-state index is 0.0782. The molecule has 0 aliphatic heterocycles. The van der Waals surface area contributed by atoms with Crippen LogP contribution in [0, 0.1) is 0 Å². The van der Waals surface area contributed by atoms with Gasteiger partial charge >= 0.3 is 0 Å². The van der Waals surface area contributed by atoms with Gasteiger partial charge in [0.15, 0.2) is 0 Å². The van der Waals surface area contributed by atoms with Crippen LogP contribution >= 0.6 is 11.8 Å². The number of nitrogens with zero attached hydrogens (tertiary/aromatic N) is 5. The van der Waals surface area contributed by atoms with Crippen molar-refractivity contribution in [1.82, 2.24) is 24.7 Å². The topological polar surface area (TPSA) is 107 Å². The van der Waals surface area contributed by atoms with E-state index in [2.05, 4.69) is 50.9 Å². The number of nitrogens with one attached hydrogen (secondary N) is 2. The summed E-state index contributed by atoms with van der Waals surface area (Å²) >= 11 is 1.77. The molecule has 0 aliphatic rings. The third-order valence-electron chi connectivity index (χ3n) is 2.69. The molecule has 0 atom stereocenters. The van der Waals surface area contributed by atoms with Crippen LogP contribution in [0.3, 0.4) is 0 Å². The summed E-state index contributed by atoms with van der Waals surface area (Å²) in [5.41, 5.74) is 2.43. The van der Waals surface area contributed by atoms with Crippen molar-refractivity contribution in [2.45, 2.75) is 18.6 Å². The summed E-state index contributed by atoms with van der Waals surface area (Å²) in [5, 5.41) is 7.28. The fraction of sp³-hybridized carbons (Fsp3) is 0.455. The maximum atomic E-state index is 5.38. The van der Waals surface area contributed by atoms with Crippen molar-refractivity contribution >= 4 is 23.7 Å². The molecule has 0 aromatic carbocycles. The number of nitrogen functional groups attached to an aromatic ring is 1. The molecule has 0 saturated carbocycles. The minimum absolute atomic E-state index is 0.0782. The fourth-order valence-electron chi connectivity index (χ4n) is 1.36. The van der Waals surface area contributed by atoms with E-state index in [1.54, 1.807) is 34.9 Å². The second-order valence-electron chi connectivity index (χ2n) is 4.69. The number of hydrogen-bond acceptors (Lipinski definition) is 8. The summed E-state index contributed by atoms with van der Waals surface area (Å²) in [6, 6.07) is 1.79. The lowest BCUT2D eigenvalue weighted by Gasteiger charge is -2.22. The first-order valence-corrected chi connectivity index (χ1v) is 7.28. The molecule has 0 aliphatic carbocycles. The fourth-order valence-corrected chi connectivity index (χ4v) is 1.58. The highest BCUT2D eigenvalue weighted by molar-refractivity contribution is 7.99. The van der Waals surface area contributed by atoms with E-state index < -0.39 is 0 Å². The third kappa shape index (κ3) is 3.58. The van der Waals surface area contributed by atoms with Gasteiger partial charge in [0.1, 0.15) is 0 Å². The Kier molecular flexibility index (Phi) is 4.40. The van der Waals surface area contributed by atoms with E-state index >= 15 is 0 Å². The number of hydrazine groups is 1. The first-order chi connectivity index (χ1) is 9.54. The lowest BCUT2D eigenvalue weighted by atomic mass is 10.2. The standard InChI is InChI=1S/C11H18N8S/c1-11(2,20-3)7-13-8-15-9(18-12)17-10(16-8)19-6-4-5-14-19/h4-6H,7,12H2,1-3H3,(H2,13,15,16,17,18). The highest BCUT2D eigenvalue weighted by atomic mass is 32.2. The maximum Gasteiger partial charge on any atom is 0.257 e. The van der Waals surface area contributed by atoms with Gasteiger partial charge in [0.05, 0.1) is 0 Å². The summed E-state index contributed by atoms with van der Waals surface area (Å²) in [4.78, 5) is 12.7. The van der Waals surface area contributed by atoms with Crippen molar-refractivity contribution in [2.24, 2.45) is 5.84 Å². The average Bonchev–Trinajstić information content (AvgIpc) is 2.99. The van der Waals surface area contributed by atoms with Crippen molar-refractivity contribution in [3.05, 3.63) is 18.5 Å². The molecule has 20 heavy (non-hydrogen) atoms. The van der Waals surface area contributed by atoms with Gasteiger partial charge in [-0.2, -0.15) is 31.8 Å². The van der Waals surface area contributed by atoms with E-state index in [1.165, 1.54) is 0 Å². The van der Waals surface area contributed by atoms with E-state index in [0.717, 1.165) is 6.54 Å². The first-order valence-electron chi connectivity index (χ1n) is 6.06. The molecule has 0 unspecified atom stereocenters. The average molecular weight is 294 g/mol. The Morgan fingerprint density at radius 3 is 2.65 bits per heavy atom. The highest BCUT2D eigenvalue weighted by Crippen LogP contribution is 2.21. The van der Waals surface area contributed by atoms with Crippen LogP contribution in [-0.4, -0.2) is 42.3 Å². The van der Waals surface area contributed by atoms with Gasteiger partial charge in [0, 0.05) is 23.7 Å². The smallest absolute Gasteiger partial charge is 0.257 e. The molecule has 2 heterocycles. The van der Waals surface area contributed by atoms with E-state index in [1.807, 2.05) is 0 Å². The Bertz CT molecular complexity index is 554. The number of nitrogens with two attached hydrogens (primary N) is 1. The van der Waals surface area contributed by atoms with Crippen LogP contribution < -0.4 is 16.6 Å². The van der Waals surface area contributed by atoms with Crippen molar-refractivity contribution < 1.29 is 0 Å². The van der Waals surface area contributed by atoms with Gasteiger partial charge < -0.3 is 5.32 Å². The van der Waals surface area contributed by atoms with Gasteiger partial charge in [0.25, 0.3) is 5.95 Å². The summed E-state index contributed by atoms with van der Waals surface area (Å²) < 4.78 is 1.63. The largest absolute Gasteiger partial charge is 0.353 e. The van der Waals surface area contributed by atoms with Gasteiger partial charge in [-0.25, -0.2) is 10.5 Å². The zero-order valence-corrected chi connectivity index (χ0v) is 12.5. The van der Waals surface area contributed by atoms with Crippen LogP contribution in [0.4, 0.5) is 11.9 Å². The molecule has 2 rings (SSSR count). The zero-order chi connectivity index (χ0) is 14.6.